The van der Waals surface area contributed by atoms with Gasteiger partial charge in [-0.05, 0) is 55.7 Å². The highest BCUT2D eigenvalue weighted by Gasteiger charge is 2.21. The Balaban J connectivity index is 1.75. The van der Waals surface area contributed by atoms with Gasteiger partial charge in [-0.3, -0.25) is 9.78 Å². The fourth-order valence-corrected chi connectivity index (χ4v) is 2.29. The molecule has 0 bridgehead atoms. The van der Waals surface area contributed by atoms with Gasteiger partial charge < -0.3 is 10.6 Å². The standard InChI is InChI=1S/C16H16ClN3O/c1-10-8-11(17)2-5-14(10)20-16(21)15-9-13(6-7-18-15)19-12-3-4-12/h2,5-9,12H,3-4H2,1H3,(H,18,19)(H,20,21). The molecule has 1 fully saturated rings. The predicted molar refractivity (Wildman–Crippen MR) is 85.0 cm³/mol. The number of nitrogens with zero attached hydrogens (tertiary/aromatic N) is 1. The van der Waals surface area contributed by atoms with Crippen molar-refractivity contribution in [2.45, 2.75) is 25.8 Å². The van der Waals surface area contributed by atoms with Crippen LogP contribution in [0.15, 0.2) is 36.5 Å². The lowest BCUT2D eigenvalue weighted by Crippen LogP contribution is -2.15. The molecule has 1 amide bonds. The summed E-state index contributed by atoms with van der Waals surface area (Å²) in [5, 5.41) is 6.87. The zero-order valence-electron chi connectivity index (χ0n) is 11.7. The zero-order chi connectivity index (χ0) is 14.8. The molecule has 0 atom stereocenters. The van der Waals surface area contributed by atoms with Gasteiger partial charge in [0.25, 0.3) is 5.91 Å². The molecule has 0 aliphatic heterocycles. The van der Waals surface area contributed by atoms with Crippen LogP contribution in [0.5, 0.6) is 0 Å². The highest BCUT2D eigenvalue weighted by atomic mass is 35.5. The first-order chi connectivity index (χ1) is 10.1. The molecule has 2 aromatic rings. The fraction of sp³-hybridized carbons (Fsp3) is 0.250. The molecule has 5 heteroatoms. The second-order valence-corrected chi connectivity index (χ2v) is 5.70. The number of aryl methyl sites for hydroxylation is 1. The Morgan fingerprint density at radius 2 is 2.10 bits per heavy atom. The van der Waals surface area contributed by atoms with E-state index in [1.54, 1.807) is 24.4 Å². The molecule has 0 saturated heterocycles. The molecule has 2 N–H and O–H groups in total. The maximum Gasteiger partial charge on any atom is 0.274 e. The van der Waals surface area contributed by atoms with Crippen molar-refractivity contribution in [3.05, 3.63) is 52.8 Å². The van der Waals surface area contributed by atoms with E-state index in [9.17, 15) is 4.79 Å². The van der Waals surface area contributed by atoms with Crippen molar-refractivity contribution in [3.8, 4) is 0 Å². The lowest BCUT2D eigenvalue weighted by Gasteiger charge is -2.09. The number of aromatic nitrogens is 1. The van der Waals surface area contributed by atoms with Crippen molar-refractivity contribution in [1.82, 2.24) is 4.98 Å². The van der Waals surface area contributed by atoms with Crippen molar-refractivity contribution in [2.24, 2.45) is 0 Å². The number of rotatable bonds is 4. The Hall–Kier alpha value is -2.07. The number of nitrogens with one attached hydrogen (secondary N) is 2. The number of benzene rings is 1. The lowest BCUT2D eigenvalue weighted by molar-refractivity contribution is 0.102. The molecule has 0 unspecified atom stereocenters. The largest absolute Gasteiger partial charge is 0.382 e. The van der Waals surface area contributed by atoms with E-state index in [1.807, 2.05) is 19.1 Å². The second-order valence-electron chi connectivity index (χ2n) is 5.26. The van der Waals surface area contributed by atoms with Gasteiger partial charge in [0, 0.05) is 28.6 Å². The van der Waals surface area contributed by atoms with E-state index in [0.717, 1.165) is 16.9 Å². The van der Waals surface area contributed by atoms with Gasteiger partial charge in [-0.1, -0.05) is 11.6 Å². The quantitative estimate of drug-likeness (QED) is 0.901. The molecule has 108 valence electrons. The molecule has 1 aliphatic rings. The average molecular weight is 302 g/mol. The first kappa shape index (κ1) is 13.9. The summed E-state index contributed by atoms with van der Waals surface area (Å²) >= 11 is 5.91. The molecule has 1 heterocycles. The molecule has 0 radical (unpaired) electrons. The summed E-state index contributed by atoms with van der Waals surface area (Å²) in [4.78, 5) is 16.4. The van der Waals surface area contributed by atoms with Crippen molar-refractivity contribution < 1.29 is 4.79 Å². The normalized spacial score (nSPS) is 13.8. The predicted octanol–water partition coefficient (Wildman–Crippen LogP) is 3.87. The molecule has 1 aromatic carbocycles. The van der Waals surface area contributed by atoms with E-state index in [2.05, 4.69) is 15.6 Å². The third-order valence-corrected chi connectivity index (χ3v) is 3.61. The molecule has 4 nitrogen and oxygen atoms in total. The summed E-state index contributed by atoms with van der Waals surface area (Å²) in [7, 11) is 0. The number of halogens is 1. The van der Waals surface area contributed by atoms with Crippen LogP contribution < -0.4 is 10.6 Å². The van der Waals surface area contributed by atoms with E-state index >= 15 is 0 Å². The van der Waals surface area contributed by atoms with Crippen molar-refractivity contribution in [3.63, 3.8) is 0 Å². The minimum absolute atomic E-state index is 0.222. The minimum atomic E-state index is -0.222. The number of anilines is 2. The third kappa shape index (κ3) is 3.52. The maximum absolute atomic E-state index is 12.3. The van der Waals surface area contributed by atoms with Crippen LogP contribution in [0.4, 0.5) is 11.4 Å². The Labute approximate surface area is 128 Å². The summed E-state index contributed by atoms with van der Waals surface area (Å²) < 4.78 is 0. The number of hydrogen-bond donors (Lipinski definition) is 2. The van der Waals surface area contributed by atoms with Crippen LogP contribution in [0.2, 0.25) is 5.02 Å². The van der Waals surface area contributed by atoms with E-state index in [0.29, 0.717) is 16.8 Å². The van der Waals surface area contributed by atoms with Crippen LogP contribution >= 0.6 is 11.6 Å². The van der Waals surface area contributed by atoms with Gasteiger partial charge >= 0.3 is 0 Å². The zero-order valence-corrected chi connectivity index (χ0v) is 12.4. The number of amides is 1. The van der Waals surface area contributed by atoms with Gasteiger partial charge in [0.1, 0.15) is 5.69 Å². The first-order valence-electron chi connectivity index (χ1n) is 6.92. The molecule has 0 spiro atoms. The monoisotopic (exact) mass is 301 g/mol. The molecule has 21 heavy (non-hydrogen) atoms. The molecular weight excluding hydrogens is 286 g/mol. The Kier molecular flexibility index (Phi) is 3.80. The second kappa shape index (κ2) is 5.74. The number of pyridine rings is 1. The highest BCUT2D eigenvalue weighted by molar-refractivity contribution is 6.30. The lowest BCUT2D eigenvalue weighted by atomic mass is 10.2. The summed E-state index contributed by atoms with van der Waals surface area (Å²) in [5.74, 6) is -0.222. The van der Waals surface area contributed by atoms with Gasteiger partial charge in [-0.2, -0.15) is 0 Å². The summed E-state index contributed by atoms with van der Waals surface area (Å²) in [6.07, 6.45) is 4.02. The molecule has 1 saturated carbocycles. The van der Waals surface area contributed by atoms with E-state index in [4.69, 9.17) is 11.6 Å². The molecular formula is C16H16ClN3O. The maximum atomic E-state index is 12.3. The highest BCUT2D eigenvalue weighted by Crippen LogP contribution is 2.25. The third-order valence-electron chi connectivity index (χ3n) is 3.38. The Morgan fingerprint density at radius 1 is 1.29 bits per heavy atom. The number of hydrogen-bond acceptors (Lipinski definition) is 3. The molecule has 3 rings (SSSR count). The van der Waals surface area contributed by atoms with Gasteiger partial charge in [0.05, 0.1) is 0 Å². The molecule has 1 aromatic heterocycles. The Bertz CT molecular complexity index is 683. The van der Waals surface area contributed by atoms with Crippen LogP contribution in [0.3, 0.4) is 0 Å². The number of carbonyl (C=O) groups is 1. The summed E-state index contributed by atoms with van der Waals surface area (Å²) in [5.41, 5.74) is 3.00. The van der Waals surface area contributed by atoms with E-state index in [-0.39, 0.29) is 5.91 Å². The van der Waals surface area contributed by atoms with Gasteiger partial charge in [-0.15, -0.1) is 0 Å². The van der Waals surface area contributed by atoms with Crippen LogP contribution in [0.1, 0.15) is 28.9 Å². The number of carbonyl (C=O) groups excluding carboxylic acids is 1. The topological polar surface area (TPSA) is 54.0 Å². The van der Waals surface area contributed by atoms with Crippen LogP contribution in [0, 0.1) is 6.92 Å². The van der Waals surface area contributed by atoms with Crippen molar-refractivity contribution in [2.75, 3.05) is 10.6 Å². The van der Waals surface area contributed by atoms with Crippen molar-refractivity contribution in [1.29, 1.82) is 0 Å². The summed E-state index contributed by atoms with van der Waals surface area (Å²) in [6.45, 7) is 1.90. The molecule has 1 aliphatic carbocycles. The van der Waals surface area contributed by atoms with E-state index < -0.39 is 0 Å². The van der Waals surface area contributed by atoms with Crippen LogP contribution in [0.25, 0.3) is 0 Å². The van der Waals surface area contributed by atoms with Crippen molar-refractivity contribution >= 4 is 28.9 Å². The van der Waals surface area contributed by atoms with Crippen LogP contribution in [-0.4, -0.2) is 16.9 Å². The first-order valence-corrected chi connectivity index (χ1v) is 7.30. The Morgan fingerprint density at radius 3 is 2.81 bits per heavy atom. The van der Waals surface area contributed by atoms with E-state index in [1.165, 1.54) is 12.8 Å². The van der Waals surface area contributed by atoms with Crippen LogP contribution in [-0.2, 0) is 0 Å². The van der Waals surface area contributed by atoms with Gasteiger partial charge in [0.2, 0.25) is 0 Å². The summed E-state index contributed by atoms with van der Waals surface area (Å²) in [6, 6.07) is 9.56. The SMILES string of the molecule is Cc1cc(Cl)ccc1NC(=O)c1cc(NC2CC2)ccn1. The minimum Gasteiger partial charge on any atom is -0.382 e. The average Bonchev–Trinajstić information content (AvgIpc) is 3.26. The fourth-order valence-electron chi connectivity index (χ4n) is 2.06. The van der Waals surface area contributed by atoms with Gasteiger partial charge in [0.15, 0.2) is 0 Å². The van der Waals surface area contributed by atoms with Gasteiger partial charge in [-0.25, -0.2) is 0 Å². The smallest absolute Gasteiger partial charge is 0.274 e.